The fourth-order valence-electron chi connectivity index (χ4n) is 3.21. The summed E-state index contributed by atoms with van der Waals surface area (Å²) in [7, 11) is 0. The average molecular weight is 334 g/mol. The number of nitrogens with one attached hydrogen (secondary N) is 1. The van der Waals surface area contributed by atoms with E-state index >= 15 is 0 Å². The van der Waals surface area contributed by atoms with Crippen LogP contribution in [0.1, 0.15) is 38.7 Å². The number of amides is 1. The number of likely N-dealkylation sites (tertiary alicyclic amines) is 1. The molecule has 1 unspecified atom stereocenters. The van der Waals surface area contributed by atoms with Crippen molar-refractivity contribution in [2.45, 2.75) is 45.7 Å². The quantitative estimate of drug-likeness (QED) is 0.714. The molecule has 1 saturated heterocycles. The van der Waals surface area contributed by atoms with Crippen LogP contribution in [0.4, 0.5) is 0 Å². The van der Waals surface area contributed by atoms with E-state index in [1.807, 2.05) is 17.0 Å². The fraction of sp³-hybridized carbons (Fsp3) is 0.632. The first-order valence-corrected chi connectivity index (χ1v) is 8.90. The summed E-state index contributed by atoms with van der Waals surface area (Å²) < 4.78 is 0. The van der Waals surface area contributed by atoms with E-state index in [-0.39, 0.29) is 24.3 Å². The molecule has 0 spiro atoms. The molecule has 1 aliphatic heterocycles. The maximum Gasteiger partial charge on any atom is 0.239 e. The van der Waals surface area contributed by atoms with E-state index in [1.54, 1.807) is 12.1 Å². The molecular formula is C19H30N2O3. The lowest BCUT2D eigenvalue weighted by Gasteiger charge is -2.34. The molecule has 1 heterocycles. The molecule has 0 aromatic heterocycles. The van der Waals surface area contributed by atoms with Crippen LogP contribution in [0, 0.1) is 11.8 Å². The van der Waals surface area contributed by atoms with Gasteiger partial charge in [0.1, 0.15) is 5.75 Å². The van der Waals surface area contributed by atoms with Crippen molar-refractivity contribution >= 4 is 5.91 Å². The Balaban J connectivity index is 1.95. The van der Waals surface area contributed by atoms with E-state index in [9.17, 15) is 15.0 Å². The van der Waals surface area contributed by atoms with Gasteiger partial charge >= 0.3 is 0 Å². The molecule has 2 rings (SSSR count). The Morgan fingerprint density at radius 2 is 2.04 bits per heavy atom. The van der Waals surface area contributed by atoms with Crippen LogP contribution < -0.4 is 5.32 Å². The second-order valence-corrected chi connectivity index (χ2v) is 7.18. The number of benzene rings is 1. The predicted octanol–water partition coefficient (Wildman–Crippen LogP) is 2.13. The van der Waals surface area contributed by atoms with Crippen LogP contribution in [0.2, 0.25) is 0 Å². The molecule has 3 N–H and O–H groups in total. The number of rotatable bonds is 7. The second kappa shape index (κ2) is 9.04. The summed E-state index contributed by atoms with van der Waals surface area (Å²) in [4.78, 5) is 14.8. The monoisotopic (exact) mass is 334 g/mol. The molecule has 0 bridgehead atoms. The van der Waals surface area contributed by atoms with E-state index in [1.165, 1.54) is 0 Å². The lowest BCUT2D eigenvalue weighted by molar-refractivity contribution is -0.135. The Kier molecular flexibility index (Phi) is 7.06. The number of aliphatic hydroxyl groups excluding tert-OH is 1. The van der Waals surface area contributed by atoms with Gasteiger partial charge in [-0.3, -0.25) is 4.79 Å². The van der Waals surface area contributed by atoms with Crippen molar-refractivity contribution in [1.82, 2.24) is 10.2 Å². The molecule has 24 heavy (non-hydrogen) atoms. The summed E-state index contributed by atoms with van der Waals surface area (Å²) in [6.45, 7) is 6.47. The minimum atomic E-state index is -0.210. The highest BCUT2D eigenvalue weighted by Crippen LogP contribution is 2.19. The van der Waals surface area contributed by atoms with Gasteiger partial charge in [-0.25, -0.2) is 0 Å². The Hall–Kier alpha value is -1.59. The number of piperidine rings is 1. The van der Waals surface area contributed by atoms with Gasteiger partial charge in [0.05, 0.1) is 6.04 Å². The van der Waals surface area contributed by atoms with Crippen LogP contribution in [-0.4, -0.2) is 46.8 Å². The largest absolute Gasteiger partial charge is 0.508 e. The minimum Gasteiger partial charge on any atom is -0.508 e. The van der Waals surface area contributed by atoms with Crippen molar-refractivity contribution in [2.75, 3.05) is 19.7 Å². The van der Waals surface area contributed by atoms with Gasteiger partial charge in [-0.2, -0.15) is 0 Å². The van der Waals surface area contributed by atoms with Crippen LogP contribution in [0.25, 0.3) is 0 Å². The smallest absolute Gasteiger partial charge is 0.239 e. The van der Waals surface area contributed by atoms with Crippen molar-refractivity contribution in [1.29, 1.82) is 0 Å². The van der Waals surface area contributed by atoms with E-state index in [2.05, 4.69) is 19.2 Å². The van der Waals surface area contributed by atoms with Gasteiger partial charge in [-0.15, -0.1) is 0 Å². The zero-order valence-corrected chi connectivity index (χ0v) is 14.7. The highest BCUT2D eigenvalue weighted by Gasteiger charge is 2.28. The van der Waals surface area contributed by atoms with Gasteiger partial charge < -0.3 is 20.4 Å². The maximum atomic E-state index is 12.9. The number of carbonyl (C=O) groups is 1. The Labute approximate surface area is 144 Å². The highest BCUT2D eigenvalue weighted by molar-refractivity contribution is 5.82. The van der Waals surface area contributed by atoms with Crippen LogP contribution in [-0.2, 0) is 11.3 Å². The van der Waals surface area contributed by atoms with Crippen LogP contribution >= 0.6 is 0 Å². The second-order valence-electron chi connectivity index (χ2n) is 7.18. The first-order valence-electron chi connectivity index (χ1n) is 8.90. The van der Waals surface area contributed by atoms with Crippen LogP contribution in [0.15, 0.2) is 24.3 Å². The molecule has 5 heteroatoms. The molecule has 1 amide bonds. The third-order valence-corrected chi connectivity index (χ3v) is 4.65. The van der Waals surface area contributed by atoms with Gasteiger partial charge in [0.15, 0.2) is 0 Å². The molecule has 0 aliphatic carbocycles. The van der Waals surface area contributed by atoms with Gasteiger partial charge in [-0.1, -0.05) is 26.0 Å². The fourth-order valence-corrected chi connectivity index (χ4v) is 3.21. The molecule has 1 fully saturated rings. The maximum absolute atomic E-state index is 12.9. The molecule has 1 aromatic carbocycles. The third kappa shape index (κ3) is 5.49. The van der Waals surface area contributed by atoms with E-state index in [4.69, 9.17) is 0 Å². The molecule has 5 nitrogen and oxygen atoms in total. The first-order chi connectivity index (χ1) is 11.5. The Bertz CT molecular complexity index is 525. The standard InChI is InChI=1S/C19H30N2O3/c1-14(2)10-18(20-12-16-4-3-5-17(23)11-16)19(24)21-8-6-15(13-22)7-9-21/h3-5,11,14-15,18,20,22-23H,6-10,12-13H2,1-2H3. The van der Waals surface area contributed by atoms with Crippen LogP contribution in [0.3, 0.4) is 0 Å². The number of phenolic OH excluding ortho intramolecular Hbond substituents is 1. The predicted molar refractivity (Wildman–Crippen MR) is 94.6 cm³/mol. The molecular weight excluding hydrogens is 304 g/mol. The lowest BCUT2D eigenvalue weighted by Crippen LogP contribution is -2.49. The van der Waals surface area contributed by atoms with E-state index in [0.717, 1.165) is 37.9 Å². The number of hydrogen-bond acceptors (Lipinski definition) is 4. The summed E-state index contributed by atoms with van der Waals surface area (Å²) in [6.07, 6.45) is 2.55. The summed E-state index contributed by atoms with van der Waals surface area (Å²) in [6, 6.07) is 6.90. The number of hydrogen-bond donors (Lipinski definition) is 3. The van der Waals surface area contributed by atoms with E-state index in [0.29, 0.717) is 18.4 Å². The lowest BCUT2D eigenvalue weighted by atomic mass is 9.96. The summed E-state index contributed by atoms with van der Waals surface area (Å²) in [5, 5.41) is 22.2. The third-order valence-electron chi connectivity index (χ3n) is 4.65. The Morgan fingerprint density at radius 3 is 2.62 bits per heavy atom. The normalized spacial score (nSPS) is 17.2. The molecule has 1 aromatic rings. The van der Waals surface area contributed by atoms with Crippen molar-refractivity contribution in [3.05, 3.63) is 29.8 Å². The molecule has 0 radical (unpaired) electrons. The van der Waals surface area contributed by atoms with Gasteiger partial charge in [-0.05, 0) is 48.8 Å². The molecule has 1 aliphatic rings. The number of aliphatic hydroxyl groups is 1. The van der Waals surface area contributed by atoms with Crippen molar-refractivity contribution in [2.24, 2.45) is 11.8 Å². The van der Waals surface area contributed by atoms with Crippen LogP contribution in [0.5, 0.6) is 5.75 Å². The number of nitrogens with zero attached hydrogens (tertiary/aromatic N) is 1. The first kappa shape index (κ1) is 18.7. The zero-order chi connectivity index (χ0) is 17.5. The summed E-state index contributed by atoms with van der Waals surface area (Å²) in [5.41, 5.74) is 0.968. The van der Waals surface area contributed by atoms with Crippen molar-refractivity contribution < 1.29 is 15.0 Å². The number of phenols is 1. The zero-order valence-electron chi connectivity index (χ0n) is 14.7. The van der Waals surface area contributed by atoms with Gasteiger partial charge in [0.25, 0.3) is 0 Å². The SMILES string of the molecule is CC(C)CC(NCc1cccc(O)c1)C(=O)N1CCC(CO)CC1. The molecule has 1 atom stereocenters. The average Bonchev–Trinajstić information content (AvgIpc) is 2.58. The number of aromatic hydroxyl groups is 1. The topological polar surface area (TPSA) is 72.8 Å². The highest BCUT2D eigenvalue weighted by atomic mass is 16.3. The number of carbonyl (C=O) groups excluding carboxylic acids is 1. The Morgan fingerprint density at radius 1 is 1.33 bits per heavy atom. The van der Waals surface area contributed by atoms with Crippen molar-refractivity contribution in [3.8, 4) is 5.75 Å². The van der Waals surface area contributed by atoms with E-state index < -0.39 is 0 Å². The van der Waals surface area contributed by atoms with Gasteiger partial charge in [0, 0.05) is 26.2 Å². The van der Waals surface area contributed by atoms with Crippen molar-refractivity contribution in [3.63, 3.8) is 0 Å². The molecule has 134 valence electrons. The van der Waals surface area contributed by atoms with Gasteiger partial charge in [0.2, 0.25) is 5.91 Å². The summed E-state index contributed by atoms with van der Waals surface area (Å²) in [5.74, 6) is 1.15. The molecule has 0 saturated carbocycles. The summed E-state index contributed by atoms with van der Waals surface area (Å²) >= 11 is 0. The minimum absolute atomic E-state index is 0.153.